The van der Waals surface area contributed by atoms with E-state index in [1.807, 2.05) is 0 Å². The van der Waals surface area contributed by atoms with Gasteiger partial charge in [-0.1, -0.05) is 6.07 Å². The molecule has 0 aliphatic carbocycles. The highest BCUT2D eigenvalue weighted by Crippen LogP contribution is 2.29. The van der Waals surface area contributed by atoms with Gasteiger partial charge in [0.2, 0.25) is 0 Å². The van der Waals surface area contributed by atoms with Gasteiger partial charge >= 0.3 is 6.18 Å². The summed E-state index contributed by atoms with van der Waals surface area (Å²) in [4.78, 5) is 11.7. The predicted molar refractivity (Wildman–Crippen MR) is 52.2 cm³/mol. The lowest BCUT2D eigenvalue weighted by molar-refractivity contribution is -0.137. The Hall–Kier alpha value is -2.11. The van der Waals surface area contributed by atoms with Crippen LogP contribution in [-0.4, -0.2) is 15.7 Å². The summed E-state index contributed by atoms with van der Waals surface area (Å²) < 4.78 is 38.2. The van der Waals surface area contributed by atoms with Crippen molar-refractivity contribution in [2.75, 3.05) is 0 Å². The number of hydrogen-bond acceptors (Lipinski definition) is 2. The zero-order chi connectivity index (χ0) is 12.5. The summed E-state index contributed by atoms with van der Waals surface area (Å²) in [6.07, 6.45) is -0.675. The first kappa shape index (κ1) is 11.4. The average molecular weight is 239 g/mol. The van der Waals surface area contributed by atoms with Crippen molar-refractivity contribution < 1.29 is 18.0 Å². The van der Waals surface area contributed by atoms with Gasteiger partial charge in [-0.25, -0.2) is 0 Å². The smallest absolute Gasteiger partial charge is 0.267 e. The molecule has 1 aromatic carbocycles. The molecule has 6 heteroatoms. The Balaban J connectivity index is 2.38. The zero-order valence-corrected chi connectivity index (χ0v) is 8.40. The van der Waals surface area contributed by atoms with Crippen LogP contribution < -0.4 is 0 Å². The van der Waals surface area contributed by atoms with Crippen molar-refractivity contribution in [2.24, 2.45) is 0 Å². The molecule has 0 amide bonds. The van der Waals surface area contributed by atoms with E-state index in [4.69, 9.17) is 0 Å². The number of carbonyl (C=O) groups excluding carboxylic acids is 1. The SMILES string of the molecule is O=C(c1cccc(C(F)(F)F)c1)n1[c]ccn1. The fourth-order valence-electron chi connectivity index (χ4n) is 1.30. The Morgan fingerprint density at radius 1 is 1.35 bits per heavy atom. The van der Waals surface area contributed by atoms with Crippen LogP contribution in [0, 0.1) is 6.20 Å². The summed E-state index contributed by atoms with van der Waals surface area (Å²) in [7, 11) is 0. The zero-order valence-electron chi connectivity index (χ0n) is 8.40. The summed E-state index contributed by atoms with van der Waals surface area (Å²) in [5, 5.41) is 3.61. The van der Waals surface area contributed by atoms with E-state index in [1.54, 1.807) is 0 Å². The molecular weight excluding hydrogens is 233 g/mol. The topological polar surface area (TPSA) is 34.9 Å². The summed E-state index contributed by atoms with van der Waals surface area (Å²) in [5.74, 6) is -0.652. The standard InChI is InChI=1S/C11H6F3N2O/c12-11(13,14)9-4-1-3-8(7-9)10(17)16-6-2-5-15-16/h1-5,7H. The van der Waals surface area contributed by atoms with E-state index in [-0.39, 0.29) is 5.56 Å². The maximum Gasteiger partial charge on any atom is 0.416 e. The van der Waals surface area contributed by atoms with Gasteiger partial charge in [0.05, 0.1) is 18.0 Å². The molecule has 0 atom stereocenters. The van der Waals surface area contributed by atoms with E-state index in [1.165, 1.54) is 24.4 Å². The third kappa shape index (κ3) is 2.35. The summed E-state index contributed by atoms with van der Waals surface area (Å²) >= 11 is 0. The average Bonchev–Trinajstić information content (AvgIpc) is 2.80. The first-order chi connectivity index (χ1) is 7.98. The Bertz CT molecular complexity index is 532. The highest BCUT2D eigenvalue weighted by Gasteiger charge is 2.31. The molecule has 1 radical (unpaired) electrons. The van der Waals surface area contributed by atoms with Crippen molar-refractivity contribution in [3.8, 4) is 0 Å². The number of aromatic nitrogens is 2. The van der Waals surface area contributed by atoms with E-state index in [0.29, 0.717) is 0 Å². The molecular formula is C11H6F3N2O. The molecule has 0 aliphatic heterocycles. The molecule has 0 aliphatic rings. The number of benzene rings is 1. The molecule has 0 spiro atoms. The van der Waals surface area contributed by atoms with Crippen LogP contribution in [0.1, 0.15) is 15.9 Å². The first-order valence-corrected chi connectivity index (χ1v) is 4.62. The molecule has 2 rings (SSSR count). The number of halogens is 3. The van der Waals surface area contributed by atoms with Crippen LogP contribution in [0.15, 0.2) is 36.5 Å². The Labute approximate surface area is 94.5 Å². The van der Waals surface area contributed by atoms with Crippen LogP contribution >= 0.6 is 0 Å². The van der Waals surface area contributed by atoms with E-state index < -0.39 is 17.6 Å². The minimum atomic E-state index is -4.47. The van der Waals surface area contributed by atoms with Gasteiger partial charge in [0.1, 0.15) is 0 Å². The van der Waals surface area contributed by atoms with Crippen molar-refractivity contribution in [2.45, 2.75) is 6.18 Å². The summed E-state index contributed by atoms with van der Waals surface area (Å²) in [5.41, 5.74) is -0.949. The Kier molecular flexibility index (Phi) is 2.71. The van der Waals surface area contributed by atoms with Crippen LogP contribution in [0.4, 0.5) is 13.2 Å². The van der Waals surface area contributed by atoms with Gasteiger partial charge in [-0.15, -0.1) is 0 Å². The predicted octanol–water partition coefficient (Wildman–Crippen LogP) is 2.39. The molecule has 17 heavy (non-hydrogen) atoms. The molecule has 2 aromatic rings. The van der Waals surface area contributed by atoms with Crippen molar-refractivity contribution >= 4 is 5.91 Å². The minimum Gasteiger partial charge on any atom is -0.267 e. The molecule has 0 fully saturated rings. The highest BCUT2D eigenvalue weighted by molar-refractivity contribution is 5.95. The van der Waals surface area contributed by atoms with Crippen LogP contribution in [-0.2, 0) is 6.18 Å². The van der Waals surface area contributed by atoms with Crippen molar-refractivity contribution in [1.82, 2.24) is 9.78 Å². The molecule has 0 bridgehead atoms. The first-order valence-electron chi connectivity index (χ1n) is 4.62. The second-order valence-electron chi connectivity index (χ2n) is 3.26. The largest absolute Gasteiger partial charge is 0.416 e. The Morgan fingerprint density at radius 3 is 2.71 bits per heavy atom. The molecule has 0 saturated carbocycles. The van der Waals surface area contributed by atoms with Gasteiger partial charge in [-0.05, 0) is 24.3 Å². The summed E-state index contributed by atoms with van der Waals surface area (Å²) in [6.45, 7) is 0. The molecule has 1 heterocycles. The number of rotatable bonds is 1. The van der Waals surface area contributed by atoms with Gasteiger partial charge in [0, 0.05) is 5.56 Å². The van der Waals surface area contributed by atoms with Crippen molar-refractivity contribution in [3.05, 3.63) is 53.9 Å². The fourth-order valence-corrected chi connectivity index (χ4v) is 1.30. The van der Waals surface area contributed by atoms with E-state index in [0.717, 1.165) is 16.8 Å². The maximum atomic E-state index is 12.4. The van der Waals surface area contributed by atoms with E-state index in [2.05, 4.69) is 11.3 Å². The normalized spacial score (nSPS) is 11.5. The number of carbonyl (C=O) groups is 1. The van der Waals surface area contributed by atoms with Gasteiger partial charge in [0.25, 0.3) is 5.91 Å². The van der Waals surface area contributed by atoms with Crippen molar-refractivity contribution in [3.63, 3.8) is 0 Å². The fraction of sp³-hybridized carbons (Fsp3) is 0.0909. The number of hydrogen-bond donors (Lipinski definition) is 0. The van der Waals surface area contributed by atoms with Gasteiger partial charge in [-0.3, -0.25) is 4.79 Å². The molecule has 0 unspecified atom stereocenters. The van der Waals surface area contributed by atoms with Gasteiger partial charge < -0.3 is 0 Å². The summed E-state index contributed by atoms with van der Waals surface area (Å²) in [6, 6.07) is 5.57. The van der Waals surface area contributed by atoms with Crippen LogP contribution in [0.5, 0.6) is 0 Å². The second-order valence-corrected chi connectivity index (χ2v) is 3.26. The van der Waals surface area contributed by atoms with Crippen LogP contribution in [0.3, 0.4) is 0 Å². The lowest BCUT2D eigenvalue weighted by Crippen LogP contribution is -2.14. The quantitative estimate of drug-likeness (QED) is 0.765. The molecule has 0 saturated heterocycles. The molecule has 87 valence electrons. The van der Waals surface area contributed by atoms with Crippen LogP contribution in [0.2, 0.25) is 0 Å². The lowest BCUT2D eigenvalue weighted by Gasteiger charge is -2.07. The molecule has 0 N–H and O–H groups in total. The third-order valence-electron chi connectivity index (χ3n) is 2.08. The van der Waals surface area contributed by atoms with Gasteiger partial charge in [-0.2, -0.15) is 23.0 Å². The van der Waals surface area contributed by atoms with E-state index in [9.17, 15) is 18.0 Å². The van der Waals surface area contributed by atoms with Gasteiger partial charge in [0.15, 0.2) is 0 Å². The number of nitrogens with zero attached hydrogens (tertiary/aromatic N) is 2. The maximum absolute atomic E-state index is 12.4. The monoisotopic (exact) mass is 239 g/mol. The van der Waals surface area contributed by atoms with Crippen LogP contribution in [0.25, 0.3) is 0 Å². The Morgan fingerprint density at radius 2 is 2.12 bits per heavy atom. The molecule has 1 aromatic heterocycles. The second kappa shape index (κ2) is 4.04. The number of alkyl halides is 3. The lowest BCUT2D eigenvalue weighted by atomic mass is 10.1. The van der Waals surface area contributed by atoms with E-state index >= 15 is 0 Å². The van der Waals surface area contributed by atoms with Crippen molar-refractivity contribution in [1.29, 1.82) is 0 Å². The third-order valence-corrected chi connectivity index (χ3v) is 2.08. The molecule has 3 nitrogen and oxygen atoms in total. The minimum absolute atomic E-state index is 0.0835. The highest BCUT2D eigenvalue weighted by atomic mass is 19.4.